The Bertz CT molecular complexity index is 578. The molecule has 0 bridgehead atoms. The van der Waals surface area contributed by atoms with Gasteiger partial charge in [0, 0.05) is 12.5 Å². The molecule has 1 aromatic carbocycles. The number of hydrogen-bond donors (Lipinski definition) is 1. The number of carbonyl (C=O) groups is 2. The lowest BCUT2D eigenvalue weighted by atomic mass is 10.0. The van der Waals surface area contributed by atoms with Crippen LogP contribution in [0.2, 0.25) is 0 Å². The van der Waals surface area contributed by atoms with Gasteiger partial charge in [0.05, 0.1) is 11.6 Å². The van der Waals surface area contributed by atoms with Gasteiger partial charge in [-0.2, -0.15) is 0 Å². The number of benzene rings is 1. The van der Waals surface area contributed by atoms with Crippen molar-refractivity contribution in [2.45, 2.75) is 59.0 Å². The largest absolute Gasteiger partial charge is 0.478 e. The zero-order chi connectivity index (χ0) is 16.4. The van der Waals surface area contributed by atoms with Crippen molar-refractivity contribution in [3.8, 4) is 0 Å². The van der Waals surface area contributed by atoms with E-state index < -0.39 is 5.97 Å². The van der Waals surface area contributed by atoms with E-state index in [1.54, 1.807) is 12.1 Å². The van der Waals surface area contributed by atoms with E-state index in [0.717, 1.165) is 24.0 Å². The van der Waals surface area contributed by atoms with Crippen molar-refractivity contribution in [3.63, 3.8) is 0 Å². The van der Waals surface area contributed by atoms with Gasteiger partial charge in [0.25, 0.3) is 0 Å². The highest BCUT2D eigenvalue weighted by Gasteiger charge is 2.33. The number of aromatic carboxylic acids is 1. The first-order valence-electron chi connectivity index (χ1n) is 7.98. The van der Waals surface area contributed by atoms with E-state index in [0.29, 0.717) is 17.9 Å². The number of nitrogens with zero attached hydrogens (tertiary/aromatic N) is 1. The molecule has 0 fully saturated rings. The van der Waals surface area contributed by atoms with Gasteiger partial charge in [0.2, 0.25) is 5.91 Å². The molecule has 120 valence electrons. The van der Waals surface area contributed by atoms with Crippen molar-refractivity contribution < 1.29 is 14.7 Å². The first-order valence-corrected chi connectivity index (χ1v) is 7.98. The summed E-state index contributed by atoms with van der Waals surface area (Å²) in [5.74, 6) is -0.443. The Balaban J connectivity index is 2.35. The summed E-state index contributed by atoms with van der Waals surface area (Å²) in [6, 6.07) is 5.40. The van der Waals surface area contributed by atoms with E-state index in [4.69, 9.17) is 0 Å². The highest BCUT2D eigenvalue weighted by atomic mass is 16.4. The summed E-state index contributed by atoms with van der Waals surface area (Å²) in [5, 5.41) is 9.20. The third kappa shape index (κ3) is 3.32. The second-order valence-corrected chi connectivity index (χ2v) is 6.77. The van der Waals surface area contributed by atoms with Gasteiger partial charge in [-0.25, -0.2) is 4.79 Å². The molecule has 4 heteroatoms. The number of rotatable bonds is 5. The summed E-state index contributed by atoms with van der Waals surface area (Å²) in [6.45, 7) is 8.14. The van der Waals surface area contributed by atoms with Gasteiger partial charge in [-0.05, 0) is 55.9 Å². The third-order valence-electron chi connectivity index (χ3n) is 4.20. The number of fused-ring (bicyclic) bond motifs is 1. The molecule has 0 saturated heterocycles. The predicted octanol–water partition coefficient (Wildman–Crippen LogP) is 3.66. The number of carboxylic acids is 1. The van der Waals surface area contributed by atoms with E-state index in [1.807, 2.05) is 38.7 Å². The maximum Gasteiger partial charge on any atom is 0.335 e. The van der Waals surface area contributed by atoms with Crippen LogP contribution >= 0.6 is 0 Å². The van der Waals surface area contributed by atoms with Crippen LogP contribution in [-0.2, 0) is 11.2 Å². The molecule has 0 radical (unpaired) electrons. The van der Waals surface area contributed by atoms with Gasteiger partial charge >= 0.3 is 5.97 Å². The number of carboxylic acid groups (broad SMARTS) is 1. The van der Waals surface area contributed by atoms with Crippen LogP contribution in [0.3, 0.4) is 0 Å². The van der Waals surface area contributed by atoms with Crippen molar-refractivity contribution in [2.75, 3.05) is 0 Å². The van der Waals surface area contributed by atoms with Gasteiger partial charge in [-0.3, -0.25) is 4.79 Å². The molecule has 0 aliphatic heterocycles. The molecule has 1 amide bonds. The highest BCUT2D eigenvalue weighted by Crippen LogP contribution is 2.38. The molecule has 1 aromatic rings. The number of hydrogen-bond acceptors (Lipinski definition) is 2. The quantitative estimate of drug-likeness (QED) is 0.903. The average molecular weight is 303 g/mol. The summed E-state index contributed by atoms with van der Waals surface area (Å²) >= 11 is 0. The lowest BCUT2D eigenvalue weighted by Crippen LogP contribution is -2.39. The molecule has 0 unspecified atom stereocenters. The fourth-order valence-corrected chi connectivity index (χ4v) is 3.28. The maximum atomic E-state index is 12.6. The minimum absolute atomic E-state index is 0.000509. The standard InChI is InChI=1S/C18H25NO3/c1-11(2)9-17(20)19(12(3)4)16-8-7-13-5-6-14(18(21)22)10-15(13)16/h5-6,10-12,16H,7-9H2,1-4H3,(H,21,22)/t16-/m1/s1. The van der Waals surface area contributed by atoms with Gasteiger partial charge < -0.3 is 10.0 Å². The first-order chi connectivity index (χ1) is 10.3. The number of amides is 1. The van der Waals surface area contributed by atoms with Crippen molar-refractivity contribution >= 4 is 11.9 Å². The first kappa shape index (κ1) is 16.5. The Morgan fingerprint density at radius 2 is 1.95 bits per heavy atom. The van der Waals surface area contributed by atoms with E-state index in [9.17, 15) is 14.7 Å². The second kappa shape index (κ2) is 6.51. The Kier molecular flexibility index (Phi) is 4.89. The normalized spacial score (nSPS) is 16.9. The lowest BCUT2D eigenvalue weighted by Gasteiger charge is -2.34. The van der Waals surface area contributed by atoms with Gasteiger partial charge in [0.1, 0.15) is 0 Å². The molecule has 0 spiro atoms. The predicted molar refractivity (Wildman–Crippen MR) is 85.9 cm³/mol. The smallest absolute Gasteiger partial charge is 0.335 e. The van der Waals surface area contributed by atoms with Crippen molar-refractivity contribution in [1.29, 1.82) is 0 Å². The molecular formula is C18H25NO3. The SMILES string of the molecule is CC(C)CC(=O)N(C(C)C)[C@@H]1CCc2ccc(C(=O)O)cc21. The van der Waals surface area contributed by atoms with E-state index in [-0.39, 0.29) is 18.0 Å². The summed E-state index contributed by atoms with van der Waals surface area (Å²) in [6.07, 6.45) is 2.31. The Labute approximate surface area is 132 Å². The van der Waals surface area contributed by atoms with Crippen LogP contribution in [0.25, 0.3) is 0 Å². The molecule has 1 atom stereocenters. The minimum atomic E-state index is -0.918. The fraction of sp³-hybridized carbons (Fsp3) is 0.556. The molecule has 1 aliphatic rings. The summed E-state index contributed by atoms with van der Waals surface area (Å²) in [5.41, 5.74) is 2.47. The molecule has 1 N–H and O–H groups in total. The van der Waals surface area contributed by atoms with Crippen LogP contribution in [0.1, 0.15) is 68.1 Å². The van der Waals surface area contributed by atoms with Crippen LogP contribution in [0.5, 0.6) is 0 Å². The van der Waals surface area contributed by atoms with Crippen LogP contribution in [-0.4, -0.2) is 27.9 Å². The zero-order valence-electron chi connectivity index (χ0n) is 13.8. The minimum Gasteiger partial charge on any atom is -0.478 e. The monoisotopic (exact) mass is 303 g/mol. The van der Waals surface area contributed by atoms with Gasteiger partial charge in [0.15, 0.2) is 0 Å². The van der Waals surface area contributed by atoms with E-state index >= 15 is 0 Å². The molecule has 0 heterocycles. The van der Waals surface area contributed by atoms with Crippen molar-refractivity contribution in [1.82, 2.24) is 4.90 Å². The van der Waals surface area contributed by atoms with Crippen molar-refractivity contribution in [2.24, 2.45) is 5.92 Å². The summed E-state index contributed by atoms with van der Waals surface area (Å²) < 4.78 is 0. The maximum absolute atomic E-state index is 12.6. The van der Waals surface area contributed by atoms with Crippen LogP contribution in [0, 0.1) is 5.92 Å². The zero-order valence-corrected chi connectivity index (χ0v) is 13.8. The molecule has 0 aromatic heterocycles. The molecule has 4 nitrogen and oxygen atoms in total. The second-order valence-electron chi connectivity index (χ2n) is 6.77. The third-order valence-corrected chi connectivity index (χ3v) is 4.20. The number of aryl methyl sites for hydroxylation is 1. The van der Waals surface area contributed by atoms with Crippen LogP contribution in [0.4, 0.5) is 0 Å². The Hall–Kier alpha value is -1.84. The van der Waals surface area contributed by atoms with E-state index in [2.05, 4.69) is 0 Å². The molecule has 2 rings (SSSR count). The molecule has 1 aliphatic carbocycles. The average Bonchev–Trinajstić information content (AvgIpc) is 2.80. The van der Waals surface area contributed by atoms with Crippen LogP contribution < -0.4 is 0 Å². The number of carbonyl (C=O) groups excluding carboxylic acids is 1. The van der Waals surface area contributed by atoms with Crippen LogP contribution in [0.15, 0.2) is 18.2 Å². The highest BCUT2D eigenvalue weighted by molar-refractivity contribution is 5.88. The topological polar surface area (TPSA) is 57.6 Å². The molecule has 22 heavy (non-hydrogen) atoms. The van der Waals surface area contributed by atoms with Gasteiger partial charge in [-0.1, -0.05) is 19.9 Å². The molecule has 0 saturated carbocycles. The molecular weight excluding hydrogens is 278 g/mol. The van der Waals surface area contributed by atoms with Gasteiger partial charge in [-0.15, -0.1) is 0 Å². The Morgan fingerprint density at radius 3 is 2.50 bits per heavy atom. The Morgan fingerprint density at radius 1 is 1.27 bits per heavy atom. The van der Waals surface area contributed by atoms with E-state index in [1.165, 1.54) is 0 Å². The summed E-state index contributed by atoms with van der Waals surface area (Å²) in [7, 11) is 0. The fourth-order valence-electron chi connectivity index (χ4n) is 3.28. The lowest BCUT2D eigenvalue weighted by molar-refractivity contribution is -0.136. The summed E-state index contributed by atoms with van der Waals surface area (Å²) in [4.78, 5) is 25.8. The van der Waals surface area contributed by atoms with Crippen molar-refractivity contribution in [3.05, 3.63) is 34.9 Å².